The molecule has 0 bridgehead atoms. The highest BCUT2D eigenvalue weighted by atomic mass is 19.1. The summed E-state index contributed by atoms with van der Waals surface area (Å²) in [7, 11) is 3.47. The summed E-state index contributed by atoms with van der Waals surface area (Å²) in [5.74, 6) is 0.237. The second-order valence-electron chi connectivity index (χ2n) is 6.68. The topological polar surface area (TPSA) is 72.1 Å². The molecule has 1 aliphatic heterocycles. The average molecular weight is 390 g/mol. The monoisotopic (exact) mass is 390 g/mol. The Labute approximate surface area is 163 Å². The Morgan fingerprint density at radius 2 is 1.82 bits per heavy atom. The van der Waals surface area contributed by atoms with E-state index in [0.717, 1.165) is 6.42 Å². The van der Waals surface area contributed by atoms with Crippen LogP contribution in [0.3, 0.4) is 0 Å². The molecular formula is C20H24F2N4O2. The van der Waals surface area contributed by atoms with Crippen molar-refractivity contribution in [3.63, 3.8) is 0 Å². The van der Waals surface area contributed by atoms with Gasteiger partial charge in [-0.3, -0.25) is 4.99 Å². The van der Waals surface area contributed by atoms with Crippen LogP contribution in [0, 0.1) is 11.6 Å². The molecule has 0 amide bonds. The van der Waals surface area contributed by atoms with E-state index < -0.39 is 17.7 Å². The summed E-state index contributed by atoms with van der Waals surface area (Å²) in [6.45, 7) is 1.29. The third-order valence-electron chi connectivity index (χ3n) is 4.41. The summed E-state index contributed by atoms with van der Waals surface area (Å²) >= 11 is 0. The van der Waals surface area contributed by atoms with Crippen LogP contribution in [-0.4, -0.2) is 44.7 Å². The molecular weight excluding hydrogens is 366 g/mol. The molecule has 0 saturated carbocycles. The molecule has 3 N–H and O–H groups in total. The Bertz CT molecular complexity index is 838. The minimum Gasteiger partial charge on any atom is -0.490 e. The first-order valence-electron chi connectivity index (χ1n) is 9.02. The van der Waals surface area contributed by atoms with Gasteiger partial charge in [0.2, 0.25) is 0 Å². The summed E-state index contributed by atoms with van der Waals surface area (Å²) < 4.78 is 39.5. The van der Waals surface area contributed by atoms with E-state index in [-0.39, 0.29) is 18.1 Å². The van der Waals surface area contributed by atoms with E-state index in [1.807, 2.05) is 0 Å². The fourth-order valence-electron chi connectivity index (χ4n) is 2.96. The van der Waals surface area contributed by atoms with Gasteiger partial charge in [0, 0.05) is 23.7 Å². The zero-order valence-electron chi connectivity index (χ0n) is 15.9. The van der Waals surface area contributed by atoms with Gasteiger partial charge in [-0.25, -0.2) is 8.78 Å². The first-order chi connectivity index (χ1) is 13.5. The third kappa shape index (κ3) is 4.69. The quantitative estimate of drug-likeness (QED) is 0.606. The first-order valence-corrected chi connectivity index (χ1v) is 9.02. The summed E-state index contributed by atoms with van der Waals surface area (Å²) in [4.78, 5) is 5.97. The van der Waals surface area contributed by atoms with Crippen molar-refractivity contribution in [1.82, 2.24) is 4.90 Å². The second kappa shape index (κ2) is 8.88. The van der Waals surface area contributed by atoms with Gasteiger partial charge in [-0.05, 0) is 38.4 Å². The fraction of sp³-hybridized carbons (Fsp3) is 0.350. The summed E-state index contributed by atoms with van der Waals surface area (Å²) in [5, 5.41) is 2.97. The highest BCUT2D eigenvalue weighted by Gasteiger charge is 2.22. The van der Waals surface area contributed by atoms with E-state index in [0.29, 0.717) is 30.4 Å². The zero-order chi connectivity index (χ0) is 20.1. The normalized spacial score (nSPS) is 15.2. The number of aliphatic imine (C=N–C) groups is 1. The van der Waals surface area contributed by atoms with Crippen molar-refractivity contribution < 1.29 is 18.3 Å². The first kappa shape index (κ1) is 19.9. The van der Waals surface area contributed by atoms with Crippen molar-refractivity contribution in [2.75, 3.05) is 39.2 Å². The van der Waals surface area contributed by atoms with Crippen molar-refractivity contribution in [3.05, 3.63) is 53.6 Å². The molecule has 0 aromatic heterocycles. The van der Waals surface area contributed by atoms with Crippen molar-refractivity contribution in [2.45, 2.75) is 12.5 Å². The number of guanidine groups is 1. The summed E-state index contributed by atoms with van der Waals surface area (Å²) in [5.41, 5.74) is 6.63. The number of likely N-dealkylation sites (N-methyl/N-ethyl adjacent to an activating group) is 1. The average Bonchev–Trinajstić information content (AvgIpc) is 2.88. The third-order valence-corrected chi connectivity index (χ3v) is 4.41. The number of halogens is 2. The van der Waals surface area contributed by atoms with Gasteiger partial charge in [0.15, 0.2) is 17.5 Å². The van der Waals surface area contributed by atoms with Gasteiger partial charge in [0.1, 0.15) is 11.6 Å². The maximum absolute atomic E-state index is 14.1. The second-order valence-corrected chi connectivity index (χ2v) is 6.68. The van der Waals surface area contributed by atoms with Gasteiger partial charge in [-0.15, -0.1) is 0 Å². The van der Waals surface area contributed by atoms with Gasteiger partial charge in [0.25, 0.3) is 0 Å². The van der Waals surface area contributed by atoms with E-state index in [1.165, 1.54) is 18.2 Å². The van der Waals surface area contributed by atoms with Crippen molar-refractivity contribution in [3.8, 4) is 11.5 Å². The molecule has 3 rings (SSSR count). The Hall–Kier alpha value is -2.87. The molecule has 150 valence electrons. The van der Waals surface area contributed by atoms with E-state index in [4.69, 9.17) is 15.2 Å². The lowest BCUT2D eigenvalue weighted by Gasteiger charge is -2.24. The Balaban J connectivity index is 1.73. The molecule has 2 aromatic rings. The van der Waals surface area contributed by atoms with Crippen molar-refractivity contribution >= 4 is 11.6 Å². The Morgan fingerprint density at radius 3 is 2.50 bits per heavy atom. The van der Waals surface area contributed by atoms with Crippen LogP contribution in [-0.2, 0) is 0 Å². The Kier molecular flexibility index (Phi) is 6.30. The predicted molar refractivity (Wildman–Crippen MR) is 105 cm³/mol. The number of rotatable bonds is 5. The van der Waals surface area contributed by atoms with Gasteiger partial charge in [-0.2, -0.15) is 0 Å². The van der Waals surface area contributed by atoms with Crippen LogP contribution in [0.1, 0.15) is 18.0 Å². The lowest BCUT2D eigenvalue weighted by Crippen LogP contribution is -2.28. The van der Waals surface area contributed by atoms with Crippen LogP contribution in [0.4, 0.5) is 14.5 Å². The molecule has 0 fully saturated rings. The number of ether oxygens (including phenoxy) is 2. The number of hydrogen-bond acceptors (Lipinski definition) is 4. The molecule has 1 unspecified atom stereocenters. The van der Waals surface area contributed by atoms with Crippen LogP contribution >= 0.6 is 0 Å². The smallest absolute Gasteiger partial charge is 0.193 e. The molecule has 0 aliphatic carbocycles. The molecule has 0 radical (unpaired) electrons. The molecule has 1 heterocycles. The molecule has 28 heavy (non-hydrogen) atoms. The number of nitrogens with two attached hydrogens (primary N) is 1. The van der Waals surface area contributed by atoms with E-state index in [1.54, 1.807) is 37.2 Å². The predicted octanol–water partition coefficient (Wildman–Crippen LogP) is 3.16. The van der Waals surface area contributed by atoms with E-state index >= 15 is 0 Å². The number of anilines is 1. The fourth-order valence-corrected chi connectivity index (χ4v) is 2.96. The molecule has 0 saturated heterocycles. The number of benzene rings is 2. The minimum atomic E-state index is -0.608. The molecule has 6 nitrogen and oxygen atoms in total. The molecule has 8 heteroatoms. The van der Waals surface area contributed by atoms with Gasteiger partial charge < -0.3 is 25.4 Å². The zero-order valence-corrected chi connectivity index (χ0v) is 15.9. The SMILES string of the molecule is CN(C)C(CN=C(N)Nc1ccc2c(c1)OCCCO2)c1c(F)cccc1F. The van der Waals surface area contributed by atoms with Gasteiger partial charge in [-0.1, -0.05) is 6.07 Å². The molecule has 1 atom stereocenters. The summed E-state index contributed by atoms with van der Waals surface area (Å²) in [6.07, 6.45) is 0.819. The highest BCUT2D eigenvalue weighted by Crippen LogP contribution is 2.32. The molecule has 2 aromatic carbocycles. The van der Waals surface area contributed by atoms with Crippen LogP contribution in [0.5, 0.6) is 11.5 Å². The van der Waals surface area contributed by atoms with Crippen LogP contribution < -0.4 is 20.5 Å². The number of hydrogen-bond donors (Lipinski definition) is 2. The van der Waals surface area contributed by atoms with Crippen LogP contribution in [0.2, 0.25) is 0 Å². The van der Waals surface area contributed by atoms with Crippen LogP contribution in [0.25, 0.3) is 0 Å². The van der Waals surface area contributed by atoms with Crippen molar-refractivity contribution in [1.29, 1.82) is 0 Å². The van der Waals surface area contributed by atoms with Gasteiger partial charge >= 0.3 is 0 Å². The summed E-state index contributed by atoms with van der Waals surface area (Å²) in [6, 6.07) is 8.59. The molecule has 1 aliphatic rings. The van der Waals surface area contributed by atoms with Crippen molar-refractivity contribution in [2.24, 2.45) is 10.7 Å². The number of nitrogens with one attached hydrogen (secondary N) is 1. The van der Waals surface area contributed by atoms with E-state index in [2.05, 4.69) is 10.3 Å². The largest absolute Gasteiger partial charge is 0.490 e. The lowest BCUT2D eigenvalue weighted by molar-refractivity contribution is 0.290. The van der Waals surface area contributed by atoms with Crippen LogP contribution in [0.15, 0.2) is 41.4 Å². The molecule has 0 spiro atoms. The maximum Gasteiger partial charge on any atom is 0.193 e. The van der Waals surface area contributed by atoms with E-state index in [9.17, 15) is 8.78 Å². The maximum atomic E-state index is 14.1. The Morgan fingerprint density at radius 1 is 1.14 bits per heavy atom. The highest BCUT2D eigenvalue weighted by molar-refractivity contribution is 5.92. The number of fused-ring (bicyclic) bond motifs is 1. The number of nitrogens with zero attached hydrogens (tertiary/aromatic N) is 2. The standard InChI is InChI=1S/C20H24F2N4O2/c1-26(2)16(19-14(21)5-3-6-15(19)22)12-24-20(23)25-13-7-8-17-18(11-13)28-10-4-9-27-17/h3,5-8,11,16H,4,9-10,12H2,1-2H3,(H3,23,24,25). The lowest BCUT2D eigenvalue weighted by atomic mass is 10.0. The minimum absolute atomic E-state index is 0.0281. The van der Waals surface area contributed by atoms with Gasteiger partial charge in [0.05, 0.1) is 25.8 Å².